The molecule has 0 bridgehead atoms. The van der Waals surface area contributed by atoms with Crippen molar-refractivity contribution in [1.29, 1.82) is 0 Å². The lowest BCUT2D eigenvalue weighted by molar-refractivity contribution is -0.142. The molecular weight excluding hydrogens is 337 g/mol. The number of methoxy groups -OCH3 is 2. The Morgan fingerprint density at radius 2 is 2.15 bits per heavy atom. The molecule has 7 heteroatoms. The Morgan fingerprint density at radius 1 is 1.38 bits per heavy atom. The summed E-state index contributed by atoms with van der Waals surface area (Å²) >= 11 is 0. The van der Waals surface area contributed by atoms with Crippen molar-refractivity contribution < 1.29 is 18.7 Å². The second-order valence-corrected chi connectivity index (χ2v) is 6.61. The van der Waals surface area contributed by atoms with Gasteiger partial charge in [-0.25, -0.2) is 9.37 Å². The van der Waals surface area contributed by atoms with E-state index in [4.69, 9.17) is 15.2 Å². The maximum Gasteiger partial charge on any atom is 0.314 e. The van der Waals surface area contributed by atoms with Gasteiger partial charge in [-0.15, -0.1) is 0 Å². The van der Waals surface area contributed by atoms with Crippen molar-refractivity contribution >= 4 is 16.9 Å². The van der Waals surface area contributed by atoms with Gasteiger partial charge in [0.25, 0.3) is 0 Å². The minimum Gasteiger partial charge on any atom is -0.481 e. The van der Waals surface area contributed by atoms with Crippen molar-refractivity contribution in [3.8, 4) is 5.88 Å². The molecule has 26 heavy (non-hydrogen) atoms. The molecule has 0 aliphatic carbocycles. The van der Waals surface area contributed by atoms with E-state index >= 15 is 0 Å². The fourth-order valence-corrected chi connectivity index (χ4v) is 3.57. The number of pyridine rings is 1. The summed E-state index contributed by atoms with van der Waals surface area (Å²) in [5.41, 5.74) is 6.43. The first-order chi connectivity index (χ1) is 12.6. The first-order valence-electron chi connectivity index (χ1n) is 8.70. The molecule has 1 aliphatic heterocycles. The molecule has 2 N–H and O–H groups in total. The smallest absolute Gasteiger partial charge is 0.314 e. The highest BCUT2D eigenvalue weighted by Gasteiger charge is 2.32. The zero-order valence-electron chi connectivity index (χ0n) is 15.1. The molecule has 1 unspecified atom stereocenters. The molecule has 1 fully saturated rings. The van der Waals surface area contributed by atoms with Gasteiger partial charge in [0.2, 0.25) is 5.88 Å². The fourth-order valence-electron chi connectivity index (χ4n) is 3.57. The van der Waals surface area contributed by atoms with Gasteiger partial charge in [-0.1, -0.05) is 0 Å². The van der Waals surface area contributed by atoms with Crippen LogP contribution in [0, 0.1) is 11.7 Å². The Labute approximate surface area is 152 Å². The van der Waals surface area contributed by atoms with E-state index in [0.29, 0.717) is 30.4 Å². The SMILES string of the molecule is COC(=O)C(CN1CC[C@H](CN)C1)c1c(F)ccc2ccc(OC)nc12. The number of carbonyl (C=O) groups is 1. The van der Waals surface area contributed by atoms with Crippen LogP contribution in [-0.2, 0) is 9.53 Å². The summed E-state index contributed by atoms with van der Waals surface area (Å²) < 4.78 is 24.9. The number of halogens is 1. The molecule has 2 heterocycles. The minimum atomic E-state index is -0.764. The summed E-state index contributed by atoms with van der Waals surface area (Å²) in [5, 5.41) is 0.748. The number of benzene rings is 1. The van der Waals surface area contributed by atoms with E-state index in [1.807, 2.05) is 0 Å². The molecule has 1 aromatic carbocycles. The van der Waals surface area contributed by atoms with Crippen LogP contribution in [0.1, 0.15) is 17.9 Å². The Hall–Kier alpha value is -2.25. The number of carbonyl (C=O) groups excluding carboxylic acids is 1. The Bertz CT molecular complexity index is 799. The summed E-state index contributed by atoms with van der Waals surface area (Å²) in [5.74, 6) is -0.929. The molecule has 2 aromatic rings. The third kappa shape index (κ3) is 3.64. The van der Waals surface area contributed by atoms with Gasteiger partial charge in [-0.3, -0.25) is 4.79 Å². The van der Waals surface area contributed by atoms with Gasteiger partial charge in [0.05, 0.1) is 25.7 Å². The van der Waals surface area contributed by atoms with Crippen molar-refractivity contribution in [3.05, 3.63) is 35.6 Å². The largest absolute Gasteiger partial charge is 0.481 e. The van der Waals surface area contributed by atoms with E-state index in [9.17, 15) is 9.18 Å². The highest BCUT2D eigenvalue weighted by Crippen LogP contribution is 2.31. The predicted molar refractivity (Wildman–Crippen MR) is 96.6 cm³/mol. The number of hydrogen-bond donors (Lipinski definition) is 1. The van der Waals surface area contributed by atoms with Gasteiger partial charge < -0.3 is 20.1 Å². The highest BCUT2D eigenvalue weighted by atomic mass is 19.1. The number of esters is 1. The van der Waals surface area contributed by atoms with Crippen LogP contribution in [-0.4, -0.2) is 56.3 Å². The average molecular weight is 361 g/mol. The molecule has 0 radical (unpaired) electrons. The number of nitrogens with two attached hydrogens (primary N) is 1. The topological polar surface area (TPSA) is 77.7 Å². The second-order valence-electron chi connectivity index (χ2n) is 6.61. The summed E-state index contributed by atoms with van der Waals surface area (Å²) in [4.78, 5) is 19.0. The number of aromatic nitrogens is 1. The quantitative estimate of drug-likeness (QED) is 0.792. The second kappa shape index (κ2) is 7.97. The maximum atomic E-state index is 14.8. The molecule has 2 atom stereocenters. The number of rotatable bonds is 6. The van der Waals surface area contributed by atoms with E-state index in [1.54, 1.807) is 18.2 Å². The summed E-state index contributed by atoms with van der Waals surface area (Å²) in [6.07, 6.45) is 0.981. The fraction of sp³-hybridized carbons (Fsp3) is 0.474. The number of hydrogen-bond acceptors (Lipinski definition) is 6. The van der Waals surface area contributed by atoms with Crippen LogP contribution in [0.4, 0.5) is 4.39 Å². The van der Waals surface area contributed by atoms with Crippen LogP contribution in [0.15, 0.2) is 24.3 Å². The molecule has 6 nitrogen and oxygen atoms in total. The summed E-state index contributed by atoms with van der Waals surface area (Å²) in [6, 6.07) is 6.53. The average Bonchev–Trinajstić information content (AvgIpc) is 3.13. The normalized spacial score (nSPS) is 18.8. The Morgan fingerprint density at radius 3 is 2.81 bits per heavy atom. The maximum absolute atomic E-state index is 14.8. The van der Waals surface area contributed by atoms with Crippen LogP contribution >= 0.6 is 0 Å². The van der Waals surface area contributed by atoms with E-state index in [0.717, 1.165) is 24.9 Å². The van der Waals surface area contributed by atoms with Gasteiger partial charge in [0, 0.05) is 30.1 Å². The summed E-state index contributed by atoms with van der Waals surface area (Å²) in [7, 11) is 2.82. The molecule has 0 amide bonds. The van der Waals surface area contributed by atoms with Gasteiger partial charge >= 0.3 is 5.97 Å². The highest BCUT2D eigenvalue weighted by molar-refractivity contribution is 5.89. The van der Waals surface area contributed by atoms with Crippen molar-refractivity contribution in [2.75, 3.05) is 40.4 Å². The van der Waals surface area contributed by atoms with Crippen molar-refractivity contribution in [3.63, 3.8) is 0 Å². The Kier molecular flexibility index (Phi) is 5.68. The third-order valence-corrected chi connectivity index (χ3v) is 5.01. The van der Waals surface area contributed by atoms with Crippen molar-refractivity contribution in [1.82, 2.24) is 9.88 Å². The molecule has 1 aromatic heterocycles. The van der Waals surface area contributed by atoms with Gasteiger partial charge in [0.15, 0.2) is 0 Å². The van der Waals surface area contributed by atoms with Crippen molar-refractivity contribution in [2.45, 2.75) is 12.3 Å². The van der Waals surface area contributed by atoms with E-state index < -0.39 is 17.7 Å². The van der Waals surface area contributed by atoms with Crippen LogP contribution in [0.5, 0.6) is 5.88 Å². The standard InChI is InChI=1S/C19H24FN3O3/c1-25-16-6-4-13-3-5-15(20)17(18(13)22-16)14(19(24)26-2)11-23-8-7-12(9-21)10-23/h3-6,12,14H,7-11,21H2,1-2H3/t12-,14?/m1/s1. The van der Waals surface area contributed by atoms with Gasteiger partial charge in [-0.05, 0) is 43.6 Å². The van der Waals surface area contributed by atoms with Crippen LogP contribution in [0.3, 0.4) is 0 Å². The van der Waals surface area contributed by atoms with Gasteiger partial charge in [-0.2, -0.15) is 0 Å². The van der Waals surface area contributed by atoms with Crippen molar-refractivity contribution in [2.24, 2.45) is 11.7 Å². The number of fused-ring (bicyclic) bond motifs is 1. The lowest BCUT2D eigenvalue weighted by Crippen LogP contribution is -2.32. The molecule has 3 rings (SSSR count). The van der Waals surface area contributed by atoms with Crippen LogP contribution in [0.25, 0.3) is 10.9 Å². The molecule has 0 saturated carbocycles. The van der Waals surface area contributed by atoms with Gasteiger partial charge in [0.1, 0.15) is 5.82 Å². The molecular formula is C19H24FN3O3. The zero-order chi connectivity index (χ0) is 18.7. The molecule has 140 valence electrons. The zero-order valence-corrected chi connectivity index (χ0v) is 15.1. The molecule has 0 spiro atoms. The third-order valence-electron chi connectivity index (χ3n) is 5.01. The first-order valence-corrected chi connectivity index (χ1v) is 8.70. The number of ether oxygens (including phenoxy) is 2. The lowest BCUT2D eigenvalue weighted by atomic mass is 9.95. The Balaban J connectivity index is 2.03. The lowest BCUT2D eigenvalue weighted by Gasteiger charge is -2.23. The van der Waals surface area contributed by atoms with E-state index in [2.05, 4.69) is 9.88 Å². The van der Waals surface area contributed by atoms with E-state index in [1.165, 1.54) is 20.3 Å². The predicted octanol–water partition coefficient (Wildman–Crippen LogP) is 1.92. The molecule has 1 saturated heterocycles. The number of nitrogens with zero attached hydrogens (tertiary/aromatic N) is 2. The first kappa shape index (κ1) is 18.5. The number of likely N-dealkylation sites (tertiary alicyclic amines) is 1. The minimum absolute atomic E-state index is 0.254. The van der Waals surface area contributed by atoms with E-state index in [-0.39, 0.29) is 5.56 Å². The molecule has 1 aliphatic rings. The summed E-state index contributed by atoms with van der Waals surface area (Å²) in [6.45, 7) is 2.62. The van der Waals surface area contributed by atoms with Crippen LogP contribution in [0.2, 0.25) is 0 Å². The monoisotopic (exact) mass is 361 g/mol. The van der Waals surface area contributed by atoms with Crippen LogP contribution < -0.4 is 10.5 Å².